The molecule has 0 radical (unpaired) electrons. The quantitative estimate of drug-likeness (QED) is 0.454. The lowest BCUT2D eigenvalue weighted by atomic mass is 10.0. The monoisotopic (exact) mass is 403 g/mol. The van der Waals surface area contributed by atoms with E-state index in [2.05, 4.69) is 5.09 Å². The molecule has 5 nitrogen and oxygen atoms in total. The van der Waals surface area contributed by atoms with Gasteiger partial charge in [-0.1, -0.05) is 35.9 Å². The first-order chi connectivity index (χ1) is 13.4. The van der Waals surface area contributed by atoms with Gasteiger partial charge in [-0.3, -0.25) is 14.4 Å². The van der Waals surface area contributed by atoms with E-state index < -0.39 is 7.29 Å². The normalized spacial score (nSPS) is 13.3. The van der Waals surface area contributed by atoms with E-state index >= 15 is 0 Å². The number of ether oxygens (including phenoxy) is 2. The van der Waals surface area contributed by atoms with Crippen LogP contribution in [0.15, 0.2) is 42.5 Å². The minimum Gasteiger partial charge on any atom is -0.379 e. The Labute approximate surface area is 167 Å². The number of hydrogen-bond donors (Lipinski definition) is 1. The molecule has 1 N–H and O–H groups in total. The van der Waals surface area contributed by atoms with Gasteiger partial charge in [0.1, 0.15) is 0 Å². The standard InChI is InChI=1S/C22H30NO4P/c1-5-26-13-14-27-12-11-23-28(25,20-9-7-6-8-10-20)22(24)21-18(3)15-17(2)16-19(21)4/h6-10,15-16H,5,11-14H2,1-4H3,(H,23,25). The molecular formula is C22H30NO4P. The second-order valence-electron chi connectivity index (χ2n) is 6.74. The van der Waals surface area contributed by atoms with Gasteiger partial charge >= 0.3 is 0 Å². The molecule has 1 atom stereocenters. The van der Waals surface area contributed by atoms with Crippen LogP contribution in [0.4, 0.5) is 0 Å². The topological polar surface area (TPSA) is 64.6 Å². The average molecular weight is 403 g/mol. The fourth-order valence-corrected chi connectivity index (χ4v) is 5.46. The van der Waals surface area contributed by atoms with E-state index in [9.17, 15) is 9.36 Å². The van der Waals surface area contributed by atoms with Crippen molar-refractivity contribution in [3.05, 3.63) is 64.7 Å². The van der Waals surface area contributed by atoms with Crippen molar-refractivity contribution in [1.82, 2.24) is 5.09 Å². The molecular weight excluding hydrogens is 373 g/mol. The Balaban J connectivity index is 2.23. The average Bonchev–Trinajstić information content (AvgIpc) is 2.67. The van der Waals surface area contributed by atoms with Gasteiger partial charge in [0.25, 0.3) is 0 Å². The van der Waals surface area contributed by atoms with Gasteiger partial charge in [0.15, 0.2) is 0 Å². The van der Waals surface area contributed by atoms with Gasteiger partial charge in [-0.2, -0.15) is 0 Å². The molecule has 0 aromatic heterocycles. The Hall–Kier alpha value is -1.78. The predicted octanol–water partition coefficient (Wildman–Crippen LogP) is 4.00. The third-order valence-electron chi connectivity index (χ3n) is 4.45. The second-order valence-corrected chi connectivity index (χ2v) is 9.20. The van der Waals surface area contributed by atoms with Crippen LogP contribution in [0.2, 0.25) is 0 Å². The van der Waals surface area contributed by atoms with Gasteiger partial charge in [0.05, 0.1) is 19.8 Å². The highest BCUT2D eigenvalue weighted by Gasteiger charge is 2.35. The molecule has 0 spiro atoms. The SMILES string of the molecule is CCOCCOCCNP(=O)(C(=O)c1c(C)cc(C)cc1C)c1ccccc1. The first-order valence-electron chi connectivity index (χ1n) is 9.59. The molecule has 28 heavy (non-hydrogen) atoms. The van der Waals surface area contributed by atoms with Crippen LogP contribution >= 0.6 is 7.29 Å². The summed E-state index contributed by atoms with van der Waals surface area (Å²) in [4.78, 5) is 13.4. The summed E-state index contributed by atoms with van der Waals surface area (Å²) in [7, 11) is -3.52. The van der Waals surface area contributed by atoms with E-state index in [0.717, 1.165) is 16.7 Å². The third kappa shape index (κ3) is 5.62. The third-order valence-corrected chi connectivity index (χ3v) is 6.94. The summed E-state index contributed by atoms with van der Waals surface area (Å²) in [5, 5.41) is 3.52. The van der Waals surface area contributed by atoms with Gasteiger partial charge in [-0.05, 0) is 51.0 Å². The molecule has 0 aliphatic carbocycles. The van der Waals surface area contributed by atoms with Crippen molar-refractivity contribution in [3.63, 3.8) is 0 Å². The highest BCUT2D eigenvalue weighted by atomic mass is 31.2. The smallest absolute Gasteiger partial charge is 0.243 e. The van der Waals surface area contributed by atoms with Gasteiger partial charge in [0, 0.05) is 24.0 Å². The number of rotatable bonds is 11. The number of aryl methyl sites for hydroxylation is 3. The number of benzene rings is 2. The molecule has 152 valence electrons. The molecule has 0 aliphatic heterocycles. The molecule has 0 saturated heterocycles. The Kier molecular flexibility index (Phi) is 8.58. The van der Waals surface area contributed by atoms with E-state index in [1.165, 1.54) is 0 Å². The summed E-state index contributed by atoms with van der Waals surface area (Å²) < 4.78 is 24.6. The van der Waals surface area contributed by atoms with Crippen LogP contribution in [0.5, 0.6) is 0 Å². The van der Waals surface area contributed by atoms with Crippen LogP contribution in [-0.2, 0) is 14.0 Å². The summed E-state index contributed by atoms with van der Waals surface area (Å²) in [6.07, 6.45) is 0. The number of carbonyl (C=O) groups is 1. The van der Waals surface area contributed by atoms with E-state index in [4.69, 9.17) is 9.47 Å². The maximum absolute atomic E-state index is 13.9. The zero-order chi connectivity index (χ0) is 20.6. The fraction of sp³-hybridized carbons (Fsp3) is 0.409. The van der Waals surface area contributed by atoms with Gasteiger partial charge in [-0.15, -0.1) is 0 Å². The maximum atomic E-state index is 13.9. The van der Waals surface area contributed by atoms with Crippen LogP contribution < -0.4 is 10.4 Å². The summed E-state index contributed by atoms with van der Waals surface area (Å²) in [6.45, 7) is 9.99. The molecule has 2 rings (SSSR count). The zero-order valence-corrected chi connectivity index (χ0v) is 18.1. The molecule has 2 aromatic carbocycles. The van der Waals surface area contributed by atoms with Crippen LogP contribution in [0.3, 0.4) is 0 Å². The molecule has 0 heterocycles. The predicted molar refractivity (Wildman–Crippen MR) is 114 cm³/mol. The minimum absolute atomic E-state index is 0.313. The van der Waals surface area contributed by atoms with Crippen molar-refractivity contribution in [3.8, 4) is 0 Å². The Morgan fingerprint density at radius 3 is 2.18 bits per heavy atom. The van der Waals surface area contributed by atoms with Crippen molar-refractivity contribution >= 4 is 18.1 Å². The maximum Gasteiger partial charge on any atom is 0.243 e. The lowest BCUT2D eigenvalue weighted by Crippen LogP contribution is -2.29. The van der Waals surface area contributed by atoms with Gasteiger partial charge in [0.2, 0.25) is 12.8 Å². The van der Waals surface area contributed by atoms with E-state index in [1.54, 1.807) is 24.3 Å². The van der Waals surface area contributed by atoms with Crippen LogP contribution in [-0.4, -0.2) is 38.5 Å². The number of hydrogen-bond acceptors (Lipinski definition) is 4. The molecule has 2 aromatic rings. The van der Waals surface area contributed by atoms with Crippen LogP contribution in [0.1, 0.15) is 34.0 Å². The van der Waals surface area contributed by atoms with Crippen LogP contribution in [0, 0.1) is 20.8 Å². The molecule has 0 fully saturated rings. The summed E-state index contributed by atoms with van der Waals surface area (Å²) in [5.41, 5.74) is 2.93. The Morgan fingerprint density at radius 2 is 1.57 bits per heavy atom. The van der Waals surface area contributed by atoms with Crippen molar-refractivity contribution in [1.29, 1.82) is 0 Å². The molecule has 6 heteroatoms. The molecule has 0 saturated carbocycles. The summed E-state index contributed by atoms with van der Waals surface area (Å²) in [6, 6.07) is 12.8. The molecule has 0 bridgehead atoms. The minimum atomic E-state index is -3.52. The number of carbonyl (C=O) groups excluding carboxylic acids is 1. The van der Waals surface area contributed by atoms with E-state index in [-0.39, 0.29) is 5.52 Å². The zero-order valence-electron chi connectivity index (χ0n) is 17.2. The Bertz CT molecular complexity index is 813. The molecule has 0 amide bonds. The second kappa shape index (κ2) is 10.7. The molecule has 0 aliphatic rings. The molecule has 1 unspecified atom stereocenters. The highest BCUT2D eigenvalue weighted by Crippen LogP contribution is 2.44. The lowest BCUT2D eigenvalue weighted by Gasteiger charge is -2.21. The lowest BCUT2D eigenvalue weighted by molar-refractivity contribution is 0.0552. The number of nitrogens with one attached hydrogen (secondary N) is 1. The van der Waals surface area contributed by atoms with Gasteiger partial charge < -0.3 is 9.47 Å². The van der Waals surface area contributed by atoms with Gasteiger partial charge in [-0.25, -0.2) is 0 Å². The van der Waals surface area contributed by atoms with Crippen molar-refractivity contribution in [2.45, 2.75) is 27.7 Å². The largest absolute Gasteiger partial charge is 0.379 e. The van der Waals surface area contributed by atoms with E-state index in [1.807, 2.05) is 45.9 Å². The van der Waals surface area contributed by atoms with Crippen molar-refractivity contribution in [2.75, 3.05) is 33.0 Å². The van der Waals surface area contributed by atoms with Crippen molar-refractivity contribution in [2.24, 2.45) is 0 Å². The first-order valence-corrected chi connectivity index (χ1v) is 11.3. The van der Waals surface area contributed by atoms with E-state index in [0.29, 0.717) is 43.8 Å². The summed E-state index contributed by atoms with van der Waals surface area (Å²) in [5.74, 6) is 0. The van der Waals surface area contributed by atoms with Crippen LogP contribution in [0.25, 0.3) is 0 Å². The highest BCUT2D eigenvalue weighted by molar-refractivity contribution is 7.85. The fourth-order valence-electron chi connectivity index (χ4n) is 3.23. The first kappa shape index (κ1) is 22.5. The summed E-state index contributed by atoms with van der Waals surface area (Å²) >= 11 is 0. The van der Waals surface area contributed by atoms with Crippen molar-refractivity contribution < 1.29 is 18.8 Å². The Morgan fingerprint density at radius 1 is 0.964 bits per heavy atom.